The van der Waals surface area contributed by atoms with Crippen LogP contribution in [-0.4, -0.2) is 90.5 Å². The van der Waals surface area contributed by atoms with E-state index in [2.05, 4.69) is 0 Å². The van der Waals surface area contributed by atoms with Crippen molar-refractivity contribution in [3.63, 3.8) is 0 Å². The number of aromatic hydroxyl groups is 13. The Bertz CT molecular complexity index is 2950. The van der Waals surface area contributed by atoms with E-state index in [0.717, 1.165) is 66.7 Å². The molecule has 0 amide bonds. The minimum absolute atomic E-state index is 0.00226. The predicted octanol–water partition coefficient (Wildman–Crippen LogP) is 4.18. The van der Waals surface area contributed by atoms with Crippen molar-refractivity contribution in [2.75, 3.05) is 0 Å². The van der Waals surface area contributed by atoms with Gasteiger partial charge in [0.25, 0.3) is 0 Å². The summed E-state index contributed by atoms with van der Waals surface area (Å²) in [6, 6.07) is 10.3. The third-order valence-electron chi connectivity index (χ3n) is 10.5. The molecule has 63 heavy (non-hydrogen) atoms. The summed E-state index contributed by atoms with van der Waals surface area (Å²) in [4.78, 5) is 41.1. The summed E-state index contributed by atoms with van der Waals surface area (Å²) in [5.74, 6) is -13.3. The first-order valence-corrected chi connectivity index (χ1v) is 18.4. The van der Waals surface area contributed by atoms with E-state index >= 15 is 0 Å². The summed E-state index contributed by atoms with van der Waals surface area (Å²) < 4.78 is 23.9. The molecule has 0 aliphatic carbocycles. The first-order chi connectivity index (χ1) is 29.8. The van der Waals surface area contributed by atoms with Crippen LogP contribution in [0.3, 0.4) is 0 Å². The van der Waals surface area contributed by atoms with Gasteiger partial charge in [-0.05, 0) is 53.9 Å². The normalized spacial score (nSPS) is 17.7. The number of benzene rings is 5. The van der Waals surface area contributed by atoms with Crippen LogP contribution in [0.1, 0.15) is 55.2 Å². The summed E-state index contributed by atoms with van der Waals surface area (Å²) in [5, 5.41) is 134. The van der Waals surface area contributed by atoms with Gasteiger partial charge in [-0.1, -0.05) is 0 Å². The van der Waals surface area contributed by atoms with Gasteiger partial charge in [0.1, 0.15) is 35.2 Å². The average molecular weight is 869 g/mol. The van der Waals surface area contributed by atoms with Gasteiger partial charge in [0, 0.05) is 53.3 Å². The van der Waals surface area contributed by atoms with E-state index in [1.165, 1.54) is 0 Å². The fourth-order valence-corrected chi connectivity index (χ4v) is 7.50. The smallest absolute Gasteiger partial charge is 0.338 e. The molecule has 8 rings (SSSR count). The highest BCUT2D eigenvalue weighted by molar-refractivity contribution is 5.95. The number of rotatable bonds is 6. The molecule has 0 spiro atoms. The second-order valence-electron chi connectivity index (χ2n) is 14.6. The number of phenolic OH excluding ortho intramolecular Hbond substituents is 12. The van der Waals surface area contributed by atoms with E-state index in [9.17, 15) is 80.8 Å². The van der Waals surface area contributed by atoms with Crippen LogP contribution in [0.25, 0.3) is 10.8 Å². The highest BCUT2D eigenvalue weighted by Gasteiger charge is 2.40. The standard InChI is InChI=1S/C43H32O20/c44-18-9-22(45)21-12-34(63-43(59)17-6-27(50)37(55)28(51)7-17)41(61-32(21)10-18)20-11-30(53)39(57)35-19(20)1-15(3-29(52)38(35)56)40-33(8-14-2-23(46)24(47)13-31(14)60-40)62-42(58)16-4-25(48)36(54)26(49)5-16/h1-7,9-11,13,33-34,40-41,44-51,53-55,57H,8,12H2,(H,52,56)/t33-,34-,40-,41-/m1/s1. The largest absolute Gasteiger partial charge is 0.508 e. The quantitative estimate of drug-likeness (QED) is 0.0824. The molecule has 0 unspecified atom stereocenters. The maximum atomic E-state index is 14.0. The Morgan fingerprint density at radius 2 is 1.02 bits per heavy atom. The van der Waals surface area contributed by atoms with E-state index in [0.29, 0.717) is 0 Å². The zero-order valence-electron chi connectivity index (χ0n) is 31.7. The molecule has 0 saturated heterocycles. The van der Waals surface area contributed by atoms with Crippen LogP contribution in [-0.2, 0) is 22.3 Å². The van der Waals surface area contributed by atoms with Crippen LogP contribution in [0, 0.1) is 0 Å². The fourth-order valence-electron chi connectivity index (χ4n) is 7.50. The van der Waals surface area contributed by atoms with Crippen LogP contribution in [0.4, 0.5) is 0 Å². The second kappa shape index (κ2) is 15.0. The highest BCUT2D eigenvalue weighted by Crippen LogP contribution is 2.49. The Balaban J connectivity index is 1.31. The molecule has 6 aromatic carbocycles. The first-order valence-electron chi connectivity index (χ1n) is 18.4. The van der Waals surface area contributed by atoms with Gasteiger partial charge in [-0.3, -0.25) is 4.79 Å². The molecule has 0 radical (unpaired) electrons. The molecular weight excluding hydrogens is 836 g/mol. The van der Waals surface area contributed by atoms with E-state index in [4.69, 9.17) is 18.9 Å². The van der Waals surface area contributed by atoms with Crippen molar-refractivity contribution >= 4 is 22.7 Å². The number of carbonyl (C=O) groups is 2. The lowest BCUT2D eigenvalue weighted by atomic mass is 9.89. The van der Waals surface area contributed by atoms with Gasteiger partial charge in [0.05, 0.1) is 16.5 Å². The van der Waals surface area contributed by atoms with Gasteiger partial charge in [0.2, 0.25) is 5.43 Å². The van der Waals surface area contributed by atoms with Crippen LogP contribution in [0.5, 0.6) is 86.2 Å². The SMILES string of the molecule is O=C(O[C@@H]1Cc2cc(O)c(O)cc2O[C@@H]1c1cc(O)c(=O)c2c(O)c(O)cc([C@H]3Oc4cc(O)cc(O)c4C[C@H]3OC(=O)c3cc(O)c(O)c(O)c3)c2c1)c1cc(O)c(O)c(O)c1. The number of ether oxygens (including phenoxy) is 4. The number of fused-ring (bicyclic) bond motifs is 3. The van der Waals surface area contributed by atoms with Crippen LogP contribution < -0.4 is 14.9 Å². The highest BCUT2D eigenvalue weighted by atomic mass is 16.6. The molecule has 0 saturated carbocycles. The fraction of sp³-hybridized carbons (Fsp3) is 0.140. The maximum absolute atomic E-state index is 14.0. The summed E-state index contributed by atoms with van der Waals surface area (Å²) >= 11 is 0. The molecule has 0 fully saturated rings. The van der Waals surface area contributed by atoms with Gasteiger partial charge in [-0.15, -0.1) is 0 Å². The lowest BCUT2D eigenvalue weighted by Crippen LogP contribution is -2.35. The molecule has 20 nitrogen and oxygen atoms in total. The third-order valence-corrected chi connectivity index (χ3v) is 10.5. The van der Waals surface area contributed by atoms with Gasteiger partial charge >= 0.3 is 11.9 Å². The molecule has 0 aromatic heterocycles. The van der Waals surface area contributed by atoms with Gasteiger partial charge < -0.3 is 85.3 Å². The minimum Gasteiger partial charge on any atom is -0.508 e. The summed E-state index contributed by atoms with van der Waals surface area (Å²) in [5.41, 5.74) is -2.49. The van der Waals surface area contributed by atoms with Gasteiger partial charge in [0.15, 0.2) is 75.5 Å². The van der Waals surface area contributed by atoms with Gasteiger partial charge in [-0.2, -0.15) is 0 Å². The molecule has 13 N–H and O–H groups in total. The van der Waals surface area contributed by atoms with Crippen LogP contribution in [0.15, 0.2) is 71.5 Å². The lowest BCUT2D eigenvalue weighted by molar-refractivity contribution is -0.0192. The van der Waals surface area contributed by atoms with E-state index in [1.54, 1.807) is 0 Å². The van der Waals surface area contributed by atoms with Crippen molar-refractivity contribution in [1.82, 2.24) is 0 Å². The Kier molecular flexibility index (Phi) is 9.77. The molecule has 2 aliphatic rings. The predicted molar refractivity (Wildman–Crippen MR) is 210 cm³/mol. The molecule has 4 atom stereocenters. The van der Waals surface area contributed by atoms with Gasteiger partial charge in [-0.25, -0.2) is 9.59 Å². The maximum Gasteiger partial charge on any atom is 0.338 e. The van der Waals surface area contributed by atoms with Crippen LogP contribution >= 0.6 is 0 Å². The number of hydrogen-bond donors (Lipinski definition) is 13. The van der Waals surface area contributed by atoms with Crippen molar-refractivity contribution in [3.05, 3.63) is 110 Å². The number of hydrogen-bond acceptors (Lipinski definition) is 20. The molecule has 0 bridgehead atoms. The Hall–Kier alpha value is -8.81. The van der Waals surface area contributed by atoms with Crippen molar-refractivity contribution in [3.8, 4) is 86.2 Å². The monoisotopic (exact) mass is 868 g/mol. The molecule has 2 heterocycles. The van der Waals surface area contributed by atoms with Crippen LogP contribution in [0.2, 0.25) is 0 Å². The first kappa shape index (κ1) is 40.9. The van der Waals surface area contributed by atoms with E-state index in [1.807, 2.05) is 0 Å². The second-order valence-corrected chi connectivity index (χ2v) is 14.6. The molecular formula is C43H32O20. The summed E-state index contributed by atoms with van der Waals surface area (Å²) in [7, 11) is 0. The van der Waals surface area contributed by atoms with Crippen molar-refractivity contribution in [2.45, 2.75) is 37.3 Å². The van der Waals surface area contributed by atoms with Crippen molar-refractivity contribution in [1.29, 1.82) is 0 Å². The molecule has 6 aromatic rings. The topological polar surface area (TPSA) is 351 Å². The number of esters is 2. The number of phenols is 12. The zero-order valence-corrected chi connectivity index (χ0v) is 31.7. The number of carbonyl (C=O) groups excluding carboxylic acids is 2. The van der Waals surface area contributed by atoms with E-state index < -0.39 is 139 Å². The Morgan fingerprint density at radius 1 is 0.492 bits per heavy atom. The third kappa shape index (κ3) is 7.19. The average Bonchev–Trinajstić information content (AvgIpc) is 3.35. The summed E-state index contributed by atoms with van der Waals surface area (Å²) in [6.45, 7) is 0. The zero-order chi connectivity index (χ0) is 45.3. The molecule has 2 aliphatic heterocycles. The van der Waals surface area contributed by atoms with Crippen molar-refractivity contribution in [2.24, 2.45) is 0 Å². The lowest BCUT2D eigenvalue weighted by Gasteiger charge is -2.35. The van der Waals surface area contributed by atoms with E-state index in [-0.39, 0.29) is 45.6 Å². The minimum atomic E-state index is -1.65. The Morgan fingerprint density at radius 3 is 1.60 bits per heavy atom. The van der Waals surface area contributed by atoms with Crippen molar-refractivity contribution < 1.29 is 94.9 Å². The molecule has 324 valence electrons. The summed E-state index contributed by atoms with van der Waals surface area (Å²) in [6.07, 6.45) is -6.97. The Labute approximate surface area is 351 Å². The molecule has 20 heteroatoms.